The largest absolute Gasteiger partial charge is 0.436 e. The van der Waals surface area contributed by atoms with Gasteiger partial charge in [-0.25, -0.2) is 11.8 Å². The van der Waals surface area contributed by atoms with Crippen LogP contribution in [-0.2, 0) is 32.7 Å². The molecule has 1 aliphatic rings. The van der Waals surface area contributed by atoms with Crippen molar-refractivity contribution in [2.75, 3.05) is 13.1 Å². The van der Waals surface area contributed by atoms with Gasteiger partial charge in [-0.15, -0.1) is 0 Å². The van der Waals surface area contributed by atoms with Crippen LogP contribution in [0.15, 0.2) is 0 Å². The number of imide groups is 1. The van der Waals surface area contributed by atoms with Crippen molar-refractivity contribution in [2.24, 2.45) is 0 Å². The Hall–Kier alpha value is -1.20. The summed E-state index contributed by atoms with van der Waals surface area (Å²) in [5.74, 6) is 0. The minimum atomic E-state index is -1.29. The second kappa shape index (κ2) is 6.40. The molecule has 0 aromatic heterocycles. The van der Waals surface area contributed by atoms with E-state index in [4.69, 9.17) is 0 Å². The molecule has 0 saturated carbocycles. The van der Waals surface area contributed by atoms with Crippen LogP contribution in [0, 0.1) is 14.0 Å². The fourth-order valence-corrected chi connectivity index (χ4v) is 1.25. The van der Waals surface area contributed by atoms with Gasteiger partial charge in [0.05, 0.1) is 0 Å². The molecule has 85 valence electrons. The zero-order valence-corrected chi connectivity index (χ0v) is 18.5. The van der Waals surface area contributed by atoms with Crippen molar-refractivity contribution in [3.63, 3.8) is 0 Å². The first-order chi connectivity index (χ1) is 6.54. The van der Waals surface area contributed by atoms with Gasteiger partial charge in [0.2, 0.25) is 0 Å². The topological polar surface area (TPSA) is 64.1 Å². The average molecular weight is 555 g/mol. The van der Waals surface area contributed by atoms with E-state index in [1.165, 1.54) is 0 Å². The molecule has 0 aromatic rings. The average Bonchev–Trinajstić information content (AvgIpc) is 2.16. The minimum absolute atomic E-state index is 0. The molecular weight excluding hydrogens is 542 g/mol. The molecule has 8 heteroatoms. The summed E-state index contributed by atoms with van der Waals surface area (Å²) >= 11 is 0. The number of urea groups is 2. The summed E-state index contributed by atoms with van der Waals surface area (Å²) in [4.78, 5) is 25.8. The van der Waals surface area contributed by atoms with Crippen molar-refractivity contribution in [1.82, 2.24) is 14.7 Å². The van der Waals surface area contributed by atoms with Crippen molar-refractivity contribution >= 4 is 12.1 Å². The maximum atomic E-state index is 11.5. The molecule has 1 unspecified atom stereocenters. The number of hydrogen-bond donors (Lipinski definition) is 1. The Labute approximate surface area is 114 Å². The van der Waals surface area contributed by atoms with Crippen LogP contribution < -0.4 is 0 Å². The number of rotatable bonds is 2. The molecule has 1 rings (SSSR count). The van der Waals surface area contributed by atoms with Gasteiger partial charge in [0.15, 0.2) is 6.35 Å². The van der Waals surface area contributed by atoms with E-state index in [0.717, 1.165) is 14.7 Å². The molecular formula is C8H13N3O3RfY-2. The number of hydrogen-bond acceptors (Lipinski definition) is 3. The molecule has 0 aromatic carbocycles. The number of amides is 4. The third-order valence-corrected chi connectivity index (χ3v) is 2.08. The first kappa shape index (κ1) is 17.2. The van der Waals surface area contributed by atoms with Crippen molar-refractivity contribution < 1.29 is 47.4 Å². The fourth-order valence-electron chi connectivity index (χ4n) is 1.25. The van der Waals surface area contributed by atoms with E-state index in [9.17, 15) is 14.7 Å². The monoisotopic (exact) mass is 555 g/mol. The zero-order chi connectivity index (χ0) is 10.9. The van der Waals surface area contributed by atoms with E-state index in [-0.39, 0.29) is 39.3 Å². The Bertz CT molecular complexity index is 267. The van der Waals surface area contributed by atoms with Crippen molar-refractivity contribution in [3.05, 3.63) is 14.0 Å². The van der Waals surface area contributed by atoms with Crippen LogP contribution in [0.2, 0.25) is 0 Å². The summed E-state index contributed by atoms with van der Waals surface area (Å²) in [7, 11) is 3.36. The van der Waals surface area contributed by atoms with Crippen molar-refractivity contribution in [2.45, 2.75) is 13.3 Å². The standard InChI is InChI=1S/C8H13N3O3.Rf.Y/c1-4-10-6(12)9(3)7(13)11(5-2)8(10)14;;/h7,13H,1,3-5H2,2H3;;/q-2;;. The number of carbonyl (C=O) groups excluding carboxylic acids is 2. The molecule has 1 aliphatic heterocycles. The smallest absolute Gasteiger partial charge is 0.328 e. The Morgan fingerprint density at radius 1 is 1.38 bits per heavy atom. The van der Waals surface area contributed by atoms with Gasteiger partial charge in [0.25, 0.3) is 6.03 Å². The quantitative estimate of drug-likeness (QED) is 0.491. The normalized spacial score (nSPS) is 20.5. The SMILES string of the molecule is [CH2-]CN1C(=O)N([CH2-])C(O)N(CC)C1=O.[Rf].[Y]. The molecule has 1 N–H and O–H groups in total. The summed E-state index contributed by atoms with van der Waals surface area (Å²) in [6, 6.07) is -1.18. The van der Waals surface area contributed by atoms with E-state index < -0.39 is 18.4 Å². The predicted molar refractivity (Wildman–Crippen MR) is 48.4 cm³/mol. The van der Waals surface area contributed by atoms with Gasteiger partial charge in [-0.2, -0.15) is 0 Å². The number of aliphatic hydroxyl groups is 1. The second-order valence-corrected chi connectivity index (χ2v) is 2.82. The molecule has 6 nitrogen and oxygen atoms in total. The minimum Gasteiger partial charge on any atom is -0.436 e. The Morgan fingerprint density at radius 2 is 1.88 bits per heavy atom. The van der Waals surface area contributed by atoms with Crippen molar-refractivity contribution in [3.8, 4) is 0 Å². The van der Waals surface area contributed by atoms with E-state index in [0.29, 0.717) is 6.54 Å². The Morgan fingerprint density at radius 3 is 2.25 bits per heavy atom. The second-order valence-electron chi connectivity index (χ2n) is 2.82. The van der Waals surface area contributed by atoms with Gasteiger partial charge in [0, 0.05) is 39.3 Å². The molecule has 1 atom stereocenters. The molecule has 1 heterocycles. The first-order valence-corrected chi connectivity index (χ1v) is 4.23. The van der Waals surface area contributed by atoms with Gasteiger partial charge in [-0.1, -0.05) is 6.54 Å². The molecule has 0 spiro atoms. The summed E-state index contributed by atoms with van der Waals surface area (Å²) in [6.45, 7) is 5.48. The van der Waals surface area contributed by atoms with Crippen LogP contribution >= 0.6 is 0 Å². The van der Waals surface area contributed by atoms with Gasteiger partial charge in [-0.05, 0) is 6.92 Å². The molecule has 4 amide bonds. The van der Waals surface area contributed by atoms with Gasteiger partial charge in [0.1, 0.15) is 0 Å². The molecule has 0 bridgehead atoms. The van der Waals surface area contributed by atoms with E-state index in [1.54, 1.807) is 6.92 Å². The molecule has 1 radical (unpaired) electrons. The summed E-state index contributed by atoms with van der Waals surface area (Å²) in [5, 5.41) is 9.49. The summed E-state index contributed by atoms with van der Waals surface area (Å²) in [5.41, 5.74) is 0. The van der Waals surface area contributed by atoms with Gasteiger partial charge in [-0.3, -0.25) is 14.6 Å². The van der Waals surface area contributed by atoms with E-state index >= 15 is 0 Å². The van der Waals surface area contributed by atoms with Crippen LogP contribution in [0.25, 0.3) is 0 Å². The van der Waals surface area contributed by atoms with E-state index in [2.05, 4.69) is 14.0 Å². The number of carbonyl (C=O) groups is 2. The zero-order valence-electron chi connectivity index (χ0n) is 9.30. The molecule has 1 saturated heterocycles. The van der Waals surface area contributed by atoms with Crippen LogP contribution in [-0.4, -0.2) is 51.3 Å². The van der Waals surface area contributed by atoms with E-state index in [1.807, 2.05) is 0 Å². The summed E-state index contributed by atoms with van der Waals surface area (Å²) < 4.78 is 0. The van der Waals surface area contributed by atoms with Gasteiger partial charge >= 0.3 is 6.03 Å². The van der Waals surface area contributed by atoms with Gasteiger partial charge < -0.3 is 16.9 Å². The first-order valence-electron chi connectivity index (χ1n) is 4.23. The molecule has 1 fully saturated rings. The van der Waals surface area contributed by atoms with Crippen LogP contribution in [0.4, 0.5) is 9.59 Å². The Kier molecular flexibility index (Phi) is 6.88. The van der Waals surface area contributed by atoms with Crippen molar-refractivity contribution in [1.29, 1.82) is 0 Å². The summed E-state index contributed by atoms with van der Waals surface area (Å²) in [6.07, 6.45) is -1.29. The van der Waals surface area contributed by atoms with Crippen LogP contribution in [0.3, 0.4) is 0 Å². The van der Waals surface area contributed by atoms with Crippen LogP contribution in [0.1, 0.15) is 6.92 Å². The number of aliphatic hydroxyl groups excluding tert-OH is 1. The predicted octanol–water partition coefficient (Wildman–Crippen LogP) is 0.0650. The third-order valence-electron chi connectivity index (χ3n) is 2.08. The third kappa shape index (κ3) is 2.48. The molecule has 0 aliphatic carbocycles. The van der Waals surface area contributed by atoms with Crippen LogP contribution in [0.5, 0.6) is 0 Å². The maximum Gasteiger partial charge on any atom is 0.328 e. The molecule has 16 heavy (non-hydrogen) atoms. The Balaban J connectivity index is 0. The fraction of sp³-hybridized carbons (Fsp3) is 0.500. The maximum absolute atomic E-state index is 11.5. The number of nitrogens with zero attached hydrogens (tertiary/aromatic N) is 3.